The summed E-state index contributed by atoms with van der Waals surface area (Å²) in [6.45, 7) is 4.34. The fourth-order valence-corrected chi connectivity index (χ4v) is 9.95. The predicted octanol–water partition coefficient (Wildman–Crippen LogP) is 5.65. The van der Waals surface area contributed by atoms with Crippen molar-refractivity contribution >= 4 is 23.6 Å². The number of aliphatic hydroxyl groups excluding tert-OH is 1. The Morgan fingerprint density at radius 1 is 1.17 bits per heavy atom. The van der Waals surface area contributed by atoms with Crippen LogP contribution in [0.5, 0.6) is 0 Å². The van der Waals surface area contributed by atoms with Gasteiger partial charge >= 0.3 is 0 Å². The van der Waals surface area contributed by atoms with E-state index in [0.29, 0.717) is 12.8 Å². The number of hydrogen-bond donors (Lipinski definition) is 2. The van der Waals surface area contributed by atoms with E-state index in [1.807, 2.05) is 36.0 Å². The number of halogens is 1. The van der Waals surface area contributed by atoms with Crippen molar-refractivity contribution in [3.8, 4) is 5.69 Å². The van der Waals surface area contributed by atoms with E-state index in [4.69, 9.17) is 0 Å². The van der Waals surface area contributed by atoms with E-state index >= 15 is 0 Å². The van der Waals surface area contributed by atoms with Crippen LogP contribution in [0.15, 0.2) is 65.5 Å². The summed E-state index contributed by atoms with van der Waals surface area (Å²) in [5, 5.41) is 29.3. The molecule has 1 aromatic carbocycles. The molecular formula is C33H36FN3O3S. The van der Waals surface area contributed by atoms with Gasteiger partial charge in [-0.05, 0) is 110 Å². The van der Waals surface area contributed by atoms with Crippen LogP contribution in [0.25, 0.3) is 11.8 Å². The summed E-state index contributed by atoms with van der Waals surface area (Å²) in [6.07, 6.45) is 9.51. The molecule has 4 aliphatic rings. The second kappa shape index (κ2) is 9.61. The maximum Gasteiger partial charge on any atom is 0.175 e. The molecule has 41 heavy (non-hydrogen) atoms. The first kappa shape index (κ1) is 27.0. The monoisotopic (exact) mass is 573 g/mol. The van der Waals surface area contributed by atoms with Gasteiger partial charge in [-0.3, -0.25) is 4.79 Å². The predicted molar refractivity (Wildman–Crippen MR) is 156 cm³/mol. The van der Waals surface area contributed by atoms with Crippen LogP contribution in [0.2, 0.25) is 0 Å². The van der Waals surface area contributed by atoms with Crippen LogP contribution >= 0.6 is 11.8 Å². The van der Waals surface area contributed by atoms with Gasteiger partial charge in [-0.1, -0.05) is 37.2 Å². The van der Waals surface area contributed by atoms with Crippen LogP contribution in [-0.2, 0) is 11.2 Å². The number of thioether (sulfide) groups is 1. The van der Waals surface area contributed by atoms with E-state index in [0.717, 1.165) is 47.7 Å². The molecule has 4 aliphatic carbocycles. The smallest absolute Gasteiger partial charge is 0.175 e. The summed E-state index contributed by atoms with van der Waals surface area (Å²) < 4.78 is 15.4. The lowest BCUT2D eigenvalue weighted by Gasteiger charge is -2.60. The lowest BCUT2D eigenvalue weighted by molar-refractivity contribution is -0.177. The van der Waals surface area contributed by atoms with Crippen molar-refractivity contribution in [3.05, 3.63) is 77.5 Å². The minimum absolute atomic E-state index is 0.0447. The third-order valence-corrected chi connectivity index (χ3v) is 12.0. The van der Waals surface area contributed by atoms with Gasteiger partial charge in [0.2, 0.25) is 0 Å². The fraction of sp³-hybridized carbons (Fsp3) is 0.485. The minimum atomic E-state index is -1.45. The van der Waals surface area contributed by atoms with Gasteiger partial charge in [0.15, 0.2) is 5.78 Å². The van der Waals surface area contributed by atoms with Crippen molar-refractivity contribution in [2.75, 3.05) is 5.75 Å². The molecule has 3 aromatic rings. The molecule has 3 fully saturated rings. The molecule has 0 spiro atoms. The maximum atomic E-state index is 13.6. The zero-order valence-corrected chi connectivity index (χ0v) is 24.3. The highest BCUT2D eigenvalue weighted by atomic mass is 32.2. The number of nitrogens with zero attached hydrogens (tertiary/aromatic N) is 3. The van der Waals surface area contributed by atoms with Gasteiger partial charge in [-0.25, -0.2) is 14.1 Å². The van der Waals surface area contributed by atoms with Gasteiger partial charge in [0.05, 0.1) is 34.5 Å². The zero-order chi connectivity index (χ0) is 28.6. The lowest BCUT2D eigenvalue weighted by atomic mass is 9.45. The summed E-state index contributed by atoms with van der Waals surface area (Å²) in [4.78, 5) is 17.9. The van der Waals surface area contributed by atoms with Crippen molar-refractivity contribution in [1.82, 2.24) is 14.8 Å². The highest BCUT2D eigenvalue weighted by Gasteiger charge is 2.68. The van der Waals surface area contributed by atoms with Crippen molar-refractivity contribution in [3.63, 3.8) is 0 Å². The highest BCUT2D eigenvalue weighted by Crippen LogP contribution is 2.67. The normalized spacial score (nSPS) is 35.6. The summed E-state index contributed by atoms with van der Waals surface area (Å²) >= 11 is 1.37. The van der Waals surface area contributed by atoms with E-state index in [1.165, 1.54) is 29.5 Å². The maximum absolute atomic E-state index is 13.6. The Hall–Kier alpha value is -2.81. The van der Waals surface area contributed by atoms with Crippen LogP contribution < -0.4 is 0 Å². The van der Waals surface area contributed by atoms with E-state index in [-0.39, 0.29) is 40.5 Å². The molecule has 5 unspecified atom stereocenters. The number of aliphatic hydroxyl groups is 2. The lowest BCUT2D eigenvalue weighted by Crippen LogP contribution is -2.62. The number of carbonyl (C=O) groups is 1. The molecule has 8 heteroatoms. The van der Waals surface area contributed by atoms with Crippen molar-refractivity contribution in [1.29, 1.82) is 0 Å². The Morgan fingerprint density at radius 3 is 2.73 bits per heavy atom. The summed E-state index contributed by atoms with van der Waals surface area (Å²) in [7, 11) is 0. The molecular weight excluding hydrogens is 537 g/mol. The number of rotatable bonds is 5. The average molecular weight is 574 g/mol. The Morgan fingerprint density at radius 2 is 1.98 bits per heavy atom. The van der Waals surface area contributed by atoms with E-state index in [9.17, 15) is 19.4 Å². The quantitative estimate of drug-likeness (QED) is 0.384. The van der Waals surface area contributed by atoms with E-state index < -0.39 is 17.1 Å². The standard InChI is InChI=1S/C33H36FN3O3S/c1-31-16-20-18-36-37(23-9-7-22(34)8-10-23)26(20)15-21(31)6-11-24-25-12-13-33(40,32(25,2)17-27(38)30(24)31)28(39)19-41-29-5-3-4-14-35-29/h3-5,7-10,14-15,18,24-25,27,30,38,40H,6,11-13,16-17,19H2,1-2H3/t24?,25?,27-,30?,31?,32?,33-/m0/s1. The molecule has 214 valence electrons. The van der Waals surface area contributed by atoms with Crippen LogP contribution in [0.3, 0.4) is 0 Å². The SMILES string of the molecule is CC12Cc3cnn(-c4ccc(F)cc4)c3C=C1CCC1C2[C@@H](O)CC2(C)C1CC[C@]2(O)C(=O)CSc1ccccn1. The molecule has 3 saturated carbocycles. The number of benzene rings is 1. The first-order valence-corrected chi connectivity index (χ1v) is 15.6. The third-order valence-electron chi connectivity index (χ3n) is 11.1. The van der Waals surface area contributed by atoms with Crippen LogP contribution in [-0.4, -0.2) is 48.2 Å². The van der Waals surface area contributed by atoms with Crippen LogP contribution in [0, 0.1) is 34.4 Å². The summed E-state index contributed by atoms with van der Waals surface area (Å²) in [5.41, 5.74) is 1.97. The van der Waals surface area contributed by atoms with Gasteiger partial charge in [0.1, 0.15) is 11.4 Å². The van der Waals surface area contributed by atoms with Gasteiger partial charge in [-0.15, -0.1) is 0 Å². The Balaban J connectivity index is 1.16. The molecule has 2 heterocycles. The molecule has 0 bridgehead atoms. The molecule has 0 aliphatic heterocycles. The number of fused-ring (bicyclic) bond motifs is 6. The van der Waals surface area contributed by atoms with Crippen molar-refractivity contribution in [2.45, 2.75) is 69.1 Å². The Labute approximate surface area is 244 Å². The Bertz CT molecular complexity index is 1520. The van der Waals surface area contributed by atoms with E-state index in [2.05, 4.69) is 23.1 Å². The van der Waals surface area contributed by atoms with Gasteiger partial charge in [-0.2, -0.15) is 5.10 Å². The number of aromatic nitrogens is 3. The van der Waals surface area contributed by atoms with Gasteiger partial charge in [0, 0.05) is 11.6 Å². The third kappa shape index (κ3) is 4.01. The summed E-state index contributed by atoms with van der Waals surface area (Å²) in [6, 6.07) is 12.0. The fourth-order valence-electron chi connectivity index (χ4n) is 9.13. The molecule has 0 saturated heterocycles. The topological polar surface area (TPSA) is 88.2 Å². The number of carbonyl (C=O) groups excluding carboxylic acids is 1. The molecule has 0 radical (unpaired) electrons. The van der Waals surface area contributed by atoms with Crippen molar-refractivity contribution in [2.24, 2.45) is 28.6 Å². The molecule has 2 N–H and O–H groups in total. The summed E-state index contributed by atoms with van der Waals surface area (Å²) in [5.74, 6) is 0.192. The first-order valence-electron chi connectivity index (χ1n) is 14.7. The van der Waals surface area contributed by atoms with Crippen molar-refractivity contribution < 1.29 is 19.4 Å². The van der Waals surface area contributed by atoms with Gasteiger partial charge < -0.3 is 10.2 Å². The molecule has 7 atom stereocenters. The zero-order valence-electron chi connectivity index (χ0n) is 23.5. The molecule has 7 rings (SSSR count). The first-order chi connectivity index (χ1) is 19.6. The van der Waals surface area contributed by atoms with E-state index in [1.54, 1.807) is 18.3 Å². The second-order valence-electron chi connectivity index (χ2n) is 13.0. The van der Waals surface area contributed by atoms with Crippen LogP contribution in [0.4, 0.5) is 4.39 Å². The highest BCUT2D eigenvalue weighted by molar-refractivity contribution is 7.99. The number of ketones is 1. The minimum Gasteiger partial charge on any atom is -0.393 e. The average Bonchev–Trinajstić information content (AvgIpc) is 3.48. The molecule has 2 aromatic heterocycles. The van der Waals surface area contributed by atoms with Crippen LogP contribution in [0.1, 0.15) is 57.2 Å². The number of hydrogen-bond acceptors (Lipinski definition) is 6. The van der Waals surface area contributed by atoms with Gasteiger partial charge in [0.25, 0.3) is 0 Å². The number of Topliss-reactive ketones (excluding diaryl/α,β-unsaturated/α-hetero) is 1. The molecule has 0 amide bonds. The second-order valence-corrected chi connectivity index (χ2v) is 14.0. The Kier molecular flexibility index (Phi) is 6.34. The number of allylic oxidation sites excluding steroid dienone is 1. The largest absolute Gasteiger partial charge is 0.393 e. The molecule has 6 nitrogen and oxygen atoms in total. The number of pyridine rings is 1.